The maximum atomic E-state index is 13.8. The number of hydrogen-bond acceptors (Lipinski definition) is 2. The smallest absolute Gasteiger partial charge is 0.150 e. The van der Waals surface area contributed by atoms with E-state index < -0.39 is 0 Å². The number of carbonyl (C=O) groups is 1. The van der Waals surface area contributed by atoms with Gasteiger partial charge in [-0.15, -0.1) is 0 Å². The highest BCUT2D eigenvalue weighted by Gasteiger charge is 2.14. The van der Waals surface area contributed by atoms with E-state index in [2.05, 4.69) is 0 Å². The van der Waals surface area contributed by atoms with Crippen LogP contribution in [0.15, 0.2) is 36.4 Å². The summed E-state index contributed by atoms with van der Waals surface area (Å²) in [6, 6.07) is 9.96. The Balaban J connectivity index is 2.11. The van der Waals surface area contributed by atoms with Gasteiger partial charge in [0.15, 0.2) is 0 Å². The highest BCUT2D eigenvalue weighted by Crippen LogP contribution is 2.31. The van der Waals surface area contributed by atoms with E-state index in [4.69, 9.17) is 4.74 Å². The zero-order valence-electron chi connectivity index (χ0n) is 9.65. The molecule has 0 bridgehead atoms. The Morgan fingerprint density at radius 2 is 2.06 bits per heavy atom. The predicted octanol–water partition coefficient (Wildman–Crippen LogP) is 3.24. The van der Waals surface area contributed by atoms with Gasteiger partial charge >= 0.3 is 0 Å². The van der Waals surface area contributed by atoms with Crippen molar-refractivity contribution in [3.63, 3.8) is 0 Å². The van der Waals surface area contributed by atoms with Crippen molar-refractivity contribution in [2.24, 2.45) is 0 Å². The van der Waals surface area contributed by atoms with Crippen molar-refractivity contribution >= 4 is 6.29 Å². The molecule has 0 aliphatic carbocycles. The van der Waals surface area contributed by atoms with Gasteiger partial charge < -0.3 is 4.74 Å². The molecule has 0 N–H and O–H groups in total. The summed E-state index contributed by atoms with van der Waals surface area (Å²) in [6.45, 7) is 0.676. The first-order valence-corrected chi connectivity index (χ1v) is 5.79. The molecule has 1 aliphatic heterocycles. The van der Waals surface area contributed by atoms with E-state index >= 15 is 0 Å². The quantitative estimate of drug-likeness (QED) is 0.756. The fraction of sp³-hybridized carbons (Fsp3) is 0.133. The van der Waals surface area contributed by atoms with Crippen LogP contribution in [0, 0.1) is 5.82 Å². The molecular weight excluding hydrogens is 231 g/mol. The Morgan fingerprint density at radius 3 is 2.89 bits per heavy atom. The summed E-state index contributed by atoms with van der Waals surface area (Å²) in [7, 11) is 0. The minimum atomic E-state index is -0.320. The maximum absolute atomic E-state index is 13.8. The van der Waals surface area contributed by atoms with Crippen LogP contribution in [0.1, 0.15) is 15.9 Å². The Hall–Kier alpha value is -2.16. The Morgan fingerprint density at radius 1 is 1.17 bits per heavy atom. The van der Waals surface area contributed by atoms with Crippen LogP contribution in [-0.2, 0) is 6.42 Å². The molecule has 1 heterocycles. The summed E-state index contributed by atoms with van der Waals surface area (Å²) in [5.74, 6) is 0.546. The lowest BCUT2D eigenvalue weighted by molar-refractivity contribution is 0.112. The van der Waals surface area contributed by atoms with Crippen molar-refractivity contribution in [2.75, 3.05) is 6.61 Å². The lowest BCUT2D eigenvalue weighted by Gasteiger charge is -2.06. The predicted molar refractivity (Wildman–Crippen MR) is 66.4 cm³/mol. The van der Waals surface area contributed by atoms with Crippen molar-refractivity contribution in [1.29, 1.82) is 0 Å². The summed E-state index contributed by atoms with van der Waals surface area (Å²) >= 11 is 0. The summed E-state index contributed by atoms with van der Waals surface area (Å²) < 4.78 is 19.2. The van der Waals surface area contributed by atoms with Crippen molar-refractivity contribution in [2.45, 2.75) is 6.42 Å². The normalized spacial score (nSPS) is 12.9. The van der Waals surface area contributed by atoms with Gasteiger partial charge in [0.2, 0.25) is 0 Å². The average molecular weight is 242 g/mol. The van der Waals surface area contributed by atoms with Gasteiger partial charge in [-0.3, -0.25) is 4.79 Å². The molecule has 90 valence electrons. The Labute approximate surface area is 104 Å². The third kappa shape index (κ3) is 1.78. The van der Waals surface area contributed by atoms with Gasteiger partial charge in [-0.25, -0.2) is 4.39 Å². The van der Waals surface area contributed by atoms with E-state index in [9.17, 15) is 9.18 Å². The molecule has 0 aromatic heterocycles. The summed E-state index contributed by atoms with van der Waals surface area (Å²) in [5, 5.41) is 0. The summed E-state index contributed by atoms with van der Waals surface area (Å²) in [4.78, 5) is 10.7. The highest BCUT2D eigenvalue weighted by molar-refractivity contribution is 5.79. The van der Waals surface area contributed by atoms with Crippen LogP contribution in [0.2, 0.25) is 0 Å². The van der Waals surface area contributed by atoms with Gasteiger partial charge in [0, 0.05) is 17.5 Å². The van der Waals surface area contributed by atoms with Gasteiger partial charge in [-0.2, -0.15) is 0 Å². The fourth-order valence-corrected chi connectivity index (χ4v) is 2.19. The molecule has 0 amide bonds. The number of aldehydes is 1. The van der Waals surface area contributed by atoms with E-state index in [0.717, 1.165) is 29.6 Å². The van der Waals surface area contributed by atoms with Gasteiger partial charge in [0.25, 0.3) is 0 Å². The fourth-order valence-electron chi connectivity index (χ4n) is 2.19. The third-order valence-corrected chi connectivity index (χ3v) is 3.13. The Kier molecular flexibility index (Phi) is 2.59. The molecule has 0 atom stereocenters. The van der Waals surface area contributed by atoms with Crippen LogP contribution in [0.25, 0.3) is 11.1 Å². The topological polar surface area (TPSA) is 26.3 Å². The molecule has 18 heavy (non-hydrogen) atoms. The molecule has 2 aromatic rings. The molecule has 2 nitrogen and oxygen atoms in total. The second kappa shape index (κ2) is 4.26. The molecule has 2 aromatic carbocycles. The highest BCUT2D eigenvalue weighted by atomic mass is 19.1. The van der Waals surface area contributed by atoms with E-state index in [1.165, 1.54) is 12.1 Å². The molecule has 0 spiro atoms. The van der Waals surface area contributed by atoms with Gasteiger partial charge in [0.05, 0.1) is 6.61 Å². The van der Waals surface area contributed by atoms with Crippen LogP contribution < -0.4 is 4.74 Å². The van der Waals surface area contributed by atoms with Crippen molar-refractivity contribution in [1.82, 2.24) is 0 Å². The molecule has 1 aliphatic rings. The molecule has 0 fully saturated rings. The van der Waals surface area contributed by atoms with Crippen LogP contribution in [-0.4, -0.2) is 12.9 Å². The Bertz CT molecular complexity index is 620. The van der Waals surface area contributed by atoms with Crippen LogP contribution in [0.3, 0.4) is 0 Å². The van der Waals surface area contributed by atoms with Gasteiger partial charge in [0.1, 0.15) is 17.9 Å². The van der Waals surface area contributed by atoms with E-state index in [-0.39, 0.29) is 5.82 Å². The largest absolute Gasteiger partial charge is 0.493 e. The van der Waals surface area contributed by atoms with Crippen LogP contribution >= 0.6 is 0 Å². The summed E-state index contributed by atoms with van der Waals surface area (Å²) in [6.07, 6.45) is 1.57. The first kappa shape index (κ1) is 11.0. The molecule has 3 rings (SSSR count). The first-order valence-electron chi connectivity index (χ1n) is 5.79. The lowest BCUT2D eigenvalue weighted by Crippen LogP contribution is -1.89. The standard InChI is InChI=1S/C15H11FO2/c16-14-3-1-10(9-17)7-13(14)11-2-4-15-12(8-11)5-6-18-15/h1-4,7-9H,5-6H2. The maximum Gasteiger partial charge on any atom is 0.150 e. The van der Waals surface area contributed by atoms with Crippen molar-refractivity contribution < 1.29 is 13.9 Å². The SMILES string of the molecule is O=Cc1ccc(F)c(-c2ccc3c(c2)CCO3)c1. The van der Waals surface area contributed by atoms with E-state index in [1.54, 1.807) is 6.07 Å². The zero-order valence-corrected chi connectivity index (χ0v) is 9.65. The van der Waals surface area contributed by atoms with Crippen molar-refractivity contribution in [3.8, 4) is 16.9 Å². The molecular formula is C15H11FO2. The second-order valence-corrected chi connectivity index (χ2v) is 4.28. The van der Waals surface area contributed by atoms with E-state index in [0.29, 0.717) is 17.7 Å². The number of rotatable bonds is 2. The van der Waals surface area contributed by atoms with Crippen LogP contribution in [0.4, 0.5) is 4.39 Å². The molecule has 0 unspecified atom stereocenters. The third-order valence-electron chi connectivity index (χ3n) is 3.13. The monoisotopic (exact) mass is 242 g/mol. The number of benzene rings is 2. The minimum absolute atomic E-state index is 0.320. The van der Waals surface area contributed by atoms with Gasteiger partial charge in [-0.05, 0) is 41.5 Å². The first-order chi connectivity index (χ1) is 8.78. The summed E-state index contributed by atoms with van der Waals surface area (Å²) in [5.41, 5.74) is 2.79. The average Bonchev–Trinajstić information content (AvgIpc) is 2.86. The van der Waals surface area contributed by atoms with Crippen molar-refractivity contribution in [3.05, 3.63) is 53.3 Å². The number of hydrogen-bond donors (Lipinski definition) is 0. The number of ether oxygens (including phenoxy) is 1. The molecule has 3 heteroatoms. The molecule has 0 radical (unpaired) electrons. The number of carbonyl (C=O) groups excluding carboxylic acids is 1. The van der Waals surface area contributed by atoms with E-state index in [1.807, 2.05) is 18.2 Å². The van der Waals surface area contributed by atoms with Crippen LogP contribution in [0.5, 0.6) is 5.75 Å². The number of halogens is 1. The zero-order chi connectivity index (χ0) is 12.5. The minimum Gasteiger partial charge on any atom is -0.493 e. The lowest BCUT2D eigenvalue weighted by atomic mass is 10.00. The second-order valence-electron chi connectivity index (χ2n) is 4.28. The number of fused-ring (bicyclic) bond motifs is 1. The van der Waals surface area contributed by atoms with Gasteiger partial charge in [-0.1, -0.05) is 6.07 Å². The molecule has 0 saturated carbocycles. The molecule has 0 saturated heterocycles.